The van der Waals surface area contributed by atoms with E-state index in [-0.39, 0.29) is 0 Å². The summed E-state index contributed by atoms with van der Waals surface area (Å²) in [6, 6.07) is 0. The van der Waals surface area contributed by atoms with Gasteiger partial charge in [-0.1, -0.05) is 13.8 Å². The SMILES string of the molecule is CNC[C@@H]1CC[C@H]2CC[C@@H]1C2(C)C. The minimum Gasteiger partial charge on any atom is -0.319 e. The van der Waals surface area contributed by atoms with Crippen molar-refractivity contribution in [1.82, 2.24) is 5.32 Å². The molecule has 2 aliphatic carbocycles. The van der Waals surface area contributed by atoms with Crippen molar-refractivity contribution in [3.05, 3.63) is 0 Å². The molecule has 13 heavy (non-hydrogen) atoms. The quantitative estimate of drug-likeness (QED) is 0.690. The highest BCUT2D eigenvalue weighted by Crippen LogP contribution is 2.56. The third-order valence-corrected chi connectivity index (χ3v) is 4.76. The van der Waals surface area contributed by atoms with Crippen molar-refractivity contribution in [2.75, 3.05) is 13.6 Å². The fraction of sp³-hybridized carbons (Fsp3) is 1.00. The van der Waals surface area contributed by atoms with Gasteiger partial charge >= 0.3 is 0 Å². The van der Waals surface area contributed by atoms with E-state index < -0.39 is 0 Å². The Bertz CT molecular complexity index is 186. The van der Waals surface area contributed by atoms with E-state index in [1.807, 2.05) is 0 Å². The molecule has 0 radical (unpaired) electrons. The van der Waals surface area contributed by atoms with Gasteiger partial charge in [-0.15, -0.1) is 0 Å². The van der Waals surface area contributed by atoms with E-state index in [4.69, 9.17) is 0 Å². The maximum Gasteiger partial charge on any atom is -0.00207 e. The lowest BCUT2D eigenvalue weighted by atomic mass is 9.63. The number of hydrogen-bond acceptors (Lipinski definition) is 1. The highest BCUT2D eigenvalue weighted by molar-refractivity contribution is 4.99. The number of rotatable bonds is 2. The zero-order chi connectivity index (χ0) is 9.47. The molecule has 0 spiro atoms. The molecule has 3 atom stereocenters. The Morgan fingerprint density at radius 2 is 1.85 bits per heavy atom. The topological polar surface area (TPSA) is 12.0 Å². The van der Waals surface area contributed by atoms with E-state index in [0.717, 1.165) is 17.8 Å². The molecule has 1 N–H and O–H groups in total. The Balaban J connectivity index is 2.10. The first kappa shape index (κ1) is 9.51. The minimum absolute atomic E-state index is 0.639. The van der Waals surface area contributed by atoms with Crippen molar-refractivity contribution < 1.29 is 0 Å². The highest BCUT2D eigenvalue weighted by atomic mass is 14.8. The Labute approximate surface area is 82.3 Å². The molecular formula is C12H23N. The van der Waals surface area contributed by atoms with Gasteiger partial charge in [0, 0.05) is 0 Å². The molecule has 2 fully saturated rings. The van der Waals surface area contributed by atoms with Gasteiger partial charge in [-0.3, -0.25) is 0 Å². The van der Waals surface area contributed by atoms with Crippen LogP contribution >= 0.6 is 0 Å². The summed E-state index contributed by atoms with van der Waals surface area (Å²) in [6.07, 6.45) is 5.94. The molecule has 0 unspecified atom stereocenters. The Hall–Kier alpha value is -0.0400. The molecule has 0 saturated heterocycles. The number of fused-ring (bicyclic) bond motifs is 2. The predicted molar refractivity (Wildman–Crippen MR) is 56.6 cm³/mol. The molecule has 0 aliphatic heterocycles. The Morgan fingerprint density at radius 3 is 2.54 bits per heavy atom. The fourth-order valence-electron chi connectivity index (χ4n) is 3.91. The van der Waals surface area contributed by atoms with Crippen LogP contribution in [0, 0.1) is 23.2 Å². The van der Waals surface area contributed by atoms with Crippen molar-refractivity contribution in [3.63, 3.8) is 0 Å². The summed E-state index contributed by atoms with van der Waals surface area (Å²) in [6.45, 7) is 6.23. The van der Waals surface area contributed by atoms with Gasteiger partial charge in [0.05, 0.1) is 0 Å². The molecule has 0 amide bonds. The summed E-state index contributed by atoms with van der Waals surface area (Å²) in [5, 5.41) is 3.36. The van der Waals surface area contributed by atoms with Crippen LogP contribution in [0.25, 0.3) is 0 Å². The van der Waals surface area contributed by atoms with Crippen LogP contribution in [-0.2, 0) is 0 Å². The van der Waals surface area contributed by atoms with Crippen LogP contribution in [0.4, 0.5) is 0 Å². The molecule has 2 rings (SSSR count). The Kier molecular flexibility index (Phi) is 2.39. The average Bonchev–Trinajstić information content (AvgIpc) is 2.29. The van der Waals surface area contributed by atoms with Crippen LogP contribution in [0.1, 0.15) is 39.5 Å². The van der Waals surface area contributed by atoms with E-state index in [0.29, 0.717) is 5.41 Å². The van der Waals surface area contributed by atoms with Gasteiger partial charge in [0.1, 0.15) is 0 Å². The summed E-state index contributed by atoms with van der Waals surface area (Å²) in [5.74, 6) is 2.99. The summed E-state index contributed by atoms with van der Waals surface area (Å²) in [7, 11) is 2.09. The zero-order valence-corrected chi connectivity index (χ0v) is 9.27. The first-order valence-electron chi connectivity index (χ1n) is 5.81. The van der Waals surface area contributed by atoms with Gasteiger partial charge < -0.3 is 5.32 Å². The lowest BCUT2D eigenvalue weighted by Gasteiger charge is -2.43. The predicted octanol–water partition coefficient (Wildman–Crippen LogP) is 2.67. The van der Waals surface area contributed by atoms with Crippen LogP contribution in [0.5, 0.6) is 0 Å². The van der Waals surface area contributed by atoms with E-state index in [1.165, 1.54) is 32.2 Å². The third-order valence-electron chi connectivity index (χ3n) is 4.76. The normalized spacial score (nSPS) is 42.2. The molecule has 0 aromatic heterocycles. The van der Waals surface area contributed by atoms with Gasteiger partial charge in [0.15, 0.2) is 0 Å². The van der Waals surface area contributed by atoms with Crippen molar-refractivity contribution in [2.45, 2.75) is 39.5 Å². The molecule has 1 heteroatoms. The van der Waals surface area contributed by atoms with Gasteiger partial charge in [0.2, 0.25) is 0 Å². The summed E-state index contributed by atoms with van der Waals surface area (Å²) < 4.78 is 0. The smallest absolute Gasteiger partial charge is 0.00207 e. The van der Waals surface area contributed by atoms with Crippen molar-refractivity contribution in [2.24, 2.45) is 23.2 Å². The first-order chi connectivity index (χ1) is 6.16. The third kappa shape index (κ3) is 1.41. The van der Waals surface area contributed by atoms with E-state index >= 15 is 0 Å². The Morgan fingerprint density at radius 1 is 1.15 bits per heavy atom. The van der Waals surface area contributed by atoms with Gasteiger partial charge in [-0.2, -0.15) is 0 Å². The summed E-state index contributed by atoms with van der Waals surface area (Å²) in [5.41, 5.74) is 0.639. The summed E-state index contributed by atoms with van der Waals surface area (Å²) in [4.78, 5) is 0. The van der Waals surface area contributed by atoms with Crippen LogP contribution in [0.2, 0.25) is 0 Å². The lowest BCUT2D eigenvalue weighted by Crippen LogP contribution is -2.39. The van der Waals surface area contributed by atoms with E-state index in [1.54, 1.807) is 0 Å². The molecule has 0 aromatic carbocycles. The van der Waals surface area contributed by atoms with Crippen molar-refractivity contribution in [3.8, 4) is 0 Å². The monoisotopic (exact) mass is 181 g/mol. The number of nitrogens with one attached hydrogen (secondary N) is 1. The van der Waals surface area contributed by atoms with Crippen molar-refractivity contribution in [1.29, 1.82) is 0 Å². The molecule has 0 heterocycles. The number of hydrogen-bond donors (Lipinski definition) is 1. The van der Waals surface area contributed by atoms with Gasteiger partial charge in [0.25, 0.3) is 0 Å². The zero-order valence-electron chi connectivity index (χ0n) is 9.27. The highest BCUT2D eigenvalue weighted by Gasteiger charge is 2.48. The molecule has 76 valence electrons. The average molecular weight is 181 g/mol. The second-order valence-electron chi connectivity index (χ2n) is 5.60. The van der Waals surface area contributed by atoms with Crippen LogP contribution in [0.15, 0.2) is 0 Å². The van der Waals surface area contributed by atoms with Gasteiger partial charge in [-0.25, -0.2) is 0 Å². The van der Waals surface area contributed by atoms with E-state index in [2.05, 4.69) is 26.2 Å². The molecule has 0 aromatic rings. The molecule has 2 saturated carbocycles. The second kappa shape index (κ2) is 3.27. The molecule has 2 bridgehead atoms. The van der Waals surface area contributed by atoms with Crippen LogP contribution in [0.3, 0.4) is 0 Å². The molecule has 2 aliphatic rings. The second-order valence-corrected chi connectivity index (χ2v) is 5.60. The molecule has 1 nitrogen and oxygen atoms in total. The summed E-state index contributed by atoms with van der Waals surface area (Å²) >= 11 is 0. The van der Waals surface area contributed by atoms with E-state index in [9.17, 15) is 0 Å². The van der Waals surface area contributed by atoms with Crippen LogP contribution in [-0.4, -0.2) is 13.6 Å². The largest absolute Gasteiger partial charge is 0.319 e. The standard InChI is InChI=1S/C12H23N/c1-12(2)10-5-4-9(8-13-3)11(12)7-6-10/h9-11,13H,4-8H2,1-3H3/t9-,10-,11-/m0/s1. The minimum atomic E-state index is 0.639. The maximum atomic E-state index is 3.36. The first-order valence-corrected chi connectivity index (χ1v) is 5.81. The lowest BCUT2D eigenvalue weighted by molar-refractivity contribution is 0.0712. The molecular weight excluding hydrogens is 158 g/mol. The van der Waals surface area contributed by atoms with Gasteiger partial charge in [-0.05, 0) is 62.4 Å². The van der Waals surface area contributed by atoms with Crippen LogP contribution < -0.4 is 5.32 Å². The van der Waals surface area contributed by atoms with Crippen molar-refractivity contribution >= 4 is 0 Å². The maximum absolute atomic E-state index is 3.36. The fourth-order valence-corrected chi connectivity index (χ4v) is 3.91.